The number of aromatic nitrogens is 1. The summed E-state index contributed by atoms with van der Waals surface area (Å²) in [5.74, 6) is 0. The average molecular weight is 302 g/mol. The van der Waals surface area contributed by atoms with Crippen LogP contribution in [0.3, 0.4) is 0 Å². The second-order valence-corrected chi connectivity index (χ2v) is 6.68. The number of nitrogens with one attached hydrogen (secondary N) is 1. The third-order valence-electron chi connectivity index (χ3n) is 3.87. The van der Waals surface area contributed by atoms with E-state index in [0.29, 0.717) is 0 Å². The van der Waals surface area contributed by atoms with Crippen molar-refractivity contribution in [2.45, 2.75) is 26.2 Å². The Morgan fingerprint density at radius 1 is 0.739 bits per heavy atom. The minimum atomic E-state index is 0.0868. The molecule has 0 bridgehead atoms. The lowest BCUT2D eigenvalue weighted by molar-refractivity contribution is 0.592. The van der Waals surface area contributed by atoms with E-state index in [1.165, 1.54) is 5.56 Å². The Kier molecular flexibility index (Phi) is 4.16. The van der Waals surface area contributed by atoms with Gasteiger partial charge in [0, 0.05) is 23.1 Å². The highest BCUT2D eigenvalue weighted by Crippen LogP contribution is 2.34. The molecular weight excluding hydrogens is 280 g/mol. The molecule has 0 radical (unpaired) electrons. The van der Waals surface area contributed by atoms with Crippen LogP contribution >= 0.6 is 0 Å². The molecule has 1 aromatic heterocycles. The zero-order valence-electron chi connectivity index (χ0n) is 13.9. The molecule has 0 saturated heterocycles. The molecule has 0 amide bonds. The fourth-order valence-electron chi connectivity index (χ4n) is 2.73. The van der Waals surface area contributed by atoms with Gasteiger partial charge in [-0.15, -0.1) is 0 Å². The van der Waals surface area contributed by atoms with Gasteiger partial charge in [-0.3, -0.25) is 4.98 Å². The van der Waals surface area contributed by atoms with Gasteiger partial charge in [0.25, 0.3) is 0 Å². The summed E-state index contributed by atoms with van der Waals surface area (Å²) in [5.41, 5.74) is 5.69. The standard InChI is InChI=1S/C21H22N2/c1-21(2,3)17-11-5-7-14-20(17)23-19-13-6-4-10-16(19)18-12-8-9-15-22-18/h4-15,23H,1-3H3. The summed E-state index contributed by atoms with van der Waals surface area (Å²) < 4.78 is 0. The fourth-order valence-corrected chi connectivity index (χ4v) is 2.73. The summed E-state index contributed by atoms with van der Waals surface area (Å²) in [6.07, 6.45) is 1.83. The summed E-state index contributed by atoms with van der Waals surface area (Å²) in [5, 5.41) is 3.61. The third kappa shape index (κ3) is 3.42. The lowest BCUT2D eigenvalue weighted by atomic mass is 9.85. The number of hydrogen-bond acceptors (Lipinski definition) is 2. The maximum atomic E-state index is 4.48. The Morgan fingerprint density at radius 3 is 2.09 bits per heavy atom. The van der Waals surface area contributed by atoms with Gasteiger partial charge >= 0.3 is 0 Å². The van der Waals surface area contributed by atoms with Crippen LogP contribution in [0.15, 0.2) is 72.9 Å². The molecule has 2 heteroatoms. The van der Waals surface area contributed by atoms with Crippen molar-refractivity contribution in [3.63, 3.8) is 0 Å². The molecule has 0 atom stereocenters. The van der Waals surface area contributed by atoms with E-state index in [2.05, 4.69) is 73.5 Å². The zero-order chi connectivity index (χ0) is 16.3. The molecule has 2 aromatic carbocycles. The first-order chi connectivity index (χ1) is 11.1. The Morgan fingerprint density at radius 2 is 1.39 bits per heavy atom. The maximum Gasteiger partial charge on any atom is 0.0722 e. The molecule has 116 valence electrons. The van der Waals surface area contributed by atoms with Crippen molar-refractivity contribution < 1.29 is 0 Å². The van der Waals surface area contributed by atoms with Crippen molar-refractivity contribution in [1.82, 2.24) is 4.98 Å². The largest absolute Gasteiger partial charge is 0.355 e. The predicted molar refractivity (Wildman–Crippen MR) is 98.1 cm³/mol. The summed E-state index contributed by atoms with van der Waals surface area (Å²) >= 11 is 0. The van der Waals surface area contributed by atoms with Crippen LogP contribution < -0.4 is 5.32 Å². The molecule has 0 fully saturated rings. The molecule has 1 heterocycles. The lowest BCUT2D eigenvalue weighted by Gasteiger charge is -2.24. The van der Waals surface area contributed by atoms with Gasteiger partial charge in [0.05, 0.1) is 5.69 Å². The van der Waals surface area contributed by atoms with E-state index in [4.69, 9.17) is 0 Å². The number of rotatable bonds is 3. The van der Waals surface area contributed by atoms with Crippen molar-refractivity contribution in [3.8, 4) is 11.3 Å². The number of nitrogens with zero attached hydrogens (tertiary/aromatic N) is 1. The quantitative estimate of drug-likeness (QED) is 0.662. The zero-order valence-corrected chi connectivity index (χ0v) is 13.9. The van der Waals surface area contributed by atoms with E-state index < -0.39 is 0 Å². The number of benzene rings is 2. The Balaban J connectivity index is 2.03. The van der Waals surface area contributed by atoms with Crippen LogP contribution in [0.4, 0.5) is 11.4 Å². The van der Waals surface area contributed by atoms with Gasteiger partial charge in [-0.05, 0) is 35.2 Å². The highest BCUT2D eigenvalue weighted by Gasteiger charge is 2.18. The maximum absolute atomic E-state index is 4.48. The second-order valence-electron chi connectivity index (χ2n) is 6.68. The molecule has 0 aliphatic heterocycles. The second kappa shape index (κ2) is 6.25. The van der Waals surface area contributed by atoms with Crippen LogP contribution in [0.5, 0.6) is 0 Å². The van der Waals surface area contributed by atoms with E-state index in [0.717, 1.165) is 22.6 Å². The van der Waals surface area contributed by atoms with Crippen LogP contribution in [0.25, 0.3) is 11.3 Å². The highest BCUT2D eigenvalue weighted by molar-refractivity contribution is 5.80. The topological polar surface area (TPSA) is 24.9 Å². The van der Waals surface area contributed by atoms with Gasteiger partial charge in [-0.1, -0.05) is 63.2 Å². The van der Waals surface area contributed by atoms with Crippen LogP contribution in [-0.2, 0) is 5.41 Å². The number of para-hydroxylation sites is 2. The first-order valence-corrected chi connectivity index (χ1v) is 7.93. The molecule has 0 spiro atoms. The molecule has 0 saturated carbocycles. The number of anilines is 2. The molecule has 3 rings (SSSR count). The molecule has 0 aliphatic carbocycles. The first-order valence-electron chi connectivity index (χ1n) is 7.93. The minimum absolute atomic E-state index is 0.0868. The van der Waals surface area contributed by atoms with Gasteiger partial charge < -0.3 is 5.32 Å². The van der Waals surface area contributed by atoms with E-state index in [9.17, 15) is 0 Å². The van der Waals surface area contributed by atoms with E-state index in [-0.39, 0.29) is 5.41 Å². The fraction of sp³-hybridized carbons (Fsp3) is 0.190. The van der Waals surface area contributed by atoms with Crippen molar-refractivity contribution in [2.75, 3.05) is 5.32 Å². The third-order valence-corrected chi connectivity index (χ3v) is 3.87. The first kappa shape index (κ1) is 15.3. The van der Waals surface area contributed by atoms with Gasteiger partial charge in [0.1, 0.15) is 0 Å². The Hall–Kier alpha value is -2.61. The van der Waals surface area contributed by atoms with Gasteiger partial charge in [0.15, 0.2) is 0 Å². The smallest absolute Gasteiger partial charge is 0.0722 e. The van der Waals surface area contributed by atoms with Gasteiger partial charge in [0.2, 0.25) is 0 Å². The summed E-state index contributed by atoms with van der Waals surface area (Å²) in [6, 6.07) is 22.8. The summed E-state index contributed by atoms with van der Waals surface area (Å²) in [4.78, 5) is 4.48. The van der Waals surface area contributed by atoms with Crippen molar-refractivity contribution in [1.29, 1.82) is 0 Å². The van der Waals surface area contributed by atoms with E-state index in [1.807, 2.05) is 30.5 Å². The highest BCUT2D eigenvalue weighted by atomic mass is 14.9. The van der Waals surface area contributed by atoms with Gasteiger partial charge in [-0.25, -0.2) is 0 Å². The lowest BCUT2D eigenvalue weighted by Crippen LogP contribution is -2.13. The molecule has 0 unspecified atom stereocenters. The molecular formula is C21H22N2. The monoisotopic (exact) mass is 302 g/mol. The van der Waals surface area contributed by atoms with Gasteiger partial charge in [-0.2, -0.15) is 0 Å². The summed E-state index contributed by atoms with van der Waals surface area (Å²) in [6.45, 7) is 6.70. The molecule has 3 aromatic rings. The molecule has 0 aliphatic rings. The SMILES string of the molecule is CC(C)(C)c1ccccc1Nc1ccccc1-c1ccccn1. The van der Waals surface area contributed by atoms with Crippen LogP contribution in [0.2, 0.25) is 0 Å². The number of hydrogen-bond donors (Lipinski definition) is 1. The molecule has 23 heavy (non-hydrogen) atoms. The predicted octanol–water partition coefficient (Wildman–Crippen LogP) is 5.79. The van der Waals surface area contributed by atoms with Crippen LogP contribution in [0.1, 0.15) is 26.3 Å². The van der Waals surface area contributed by atoms with Crippen molar-refractivity contribution >= 4 is 11.4 Å². The Labute approximate surface area is 138 Å². The van der Waals surface area contributed by atoms with Crippen LogP contribution in [0, 0.1) is 0 Å². The molecule has 1 N–H and O–H groups in total. The summed E-state index contributed by atoms with van der Waals surface area (Å²) in [7, 11) is 0. The van der Waals surface area contributed by atoms with E-state index in [1.54, 1.807) is 0 Å². The Bertz CT molecular complexity index is 786. The normalized spacial score (nSPS) is 11.3. The average Bonchev–Trinajstić information content (AvgIpc) is 2.56. The minimum Gasteiger partial charge on any atom is -0.355 e. The van der Waals surface area contributed by atoms with Crippen molar-refractivity contribution in [2.24, 2.45) is 0 Å². The van der Waals surface area contributed by atoms with E-state index >= 15 is 0 Å². The van der Waals surface area contributed by atoms with Crippen molar-refractivity contribution in [3.05, 3.63) is 78.5 Å². The number of pyridine rings is 1. The molecule has 2 nitrogen and oxygen atoms in total. The van der Waals surface area contributed by atoms with Crippen LogP contribution in [-0.4, -0.2) is 4.98 Å².